The average molecular weight is 360 g/mol. The maximum absolute atomic E-state index is 14.0. The van der Waals surface area contributed by atoms with Crippen LogP contribution in [0.2, 0.25) is 5.02 Å². The van der Waals surface area contributed by atoms with Crippen LogP contribution >= 0.6 is 11.6 Å². The lowest BCUT2D eigenvalue weighted by Crippen LogP contribution is -2.57. The molecule has 0 spiro atoms. The predicted molar refractivity (Wildman–Crippen MR) is 81.1 cm³/mol. The van der Waals surface area contributed by atoms with Gasteiger partial charge in [-0.2, -0.15) is 0 Å². The number of piperidine rings is 1. The number of carbonyl (C=O) groups excluding carboxylic acids is 2. The van der Waals surface area contributed by atoms with Crippen LogP contribution in [0.25, 0.3) is 0 Å². The van der Waals surface area contributed by atoms with Crippen LogP contribution in [0.3, 0.4) is 0 Å². The zero-order valence-electron chi connectivity index (χ0n) is 12.8. The Labute approximate surface area is 142 Å². The molecule has 0 radical (unpaired) electrons. The molecule has 3 rings (SSSR count). The molecule has 2 fully saturated rings. The number of nitrogens with zero attached hydrogens (tertiary/aromatic N) is 3. The van der Waals surface area contributed by atoms with E-state index in [1.165, 1.54) is 23.2 Å². The number of carbonyl (C=O) groups is 2. The van der Waals surface area contributed by atoms with Crippen molar-refractivity contribution in [2.75, 3.05) is 19.6 Å². The van der Waals surface area contributed by atoms with Crippen molar-refractivity contribution in [2.45, 2.75) is 31.2 Å². The van der Waals surface area contributed by atoms with Crippen LogP contribution in [-0.4, -0.2) is 58.4 Å². The molecule has 2 aliphatic rings. The highest BCUT2D eigenvalue weighted by atomic mass is 35.5. The molecule has 0 saturated carbocycles. The van der Waals surface area contributed by atoms with Crippen LogP contribution in [0.5, 0.6) is 5.88 Å². The summed E-state index contributed by atoms with van der Waals surface area (Å²) in [6.45, 7) is -0.271. The maximum Gasteiger partial charge on any atom is 0.416 e. The average Bonchev–Trinajstić information content (AvgIpc) is 2.94. The van der Waals surface area contributed by atoms with Crippen molar-refractivity contribution in [1.82, 2.24) is 14.8 Å². The normalized spacial score (nSPS) is 23.5. The van der Waals surface area contributed by atoms with Crippen LogP contribution in [0.4, 0.5) is 13.6 Å². The van der Waals surface area contributed by atoms with Crippen molar-refractivity contribution in [2.24, 2.45) is 0 Å². The molecule has 24 heavy (non-hydrogen) atoms. The largest absolute Gasteiger partial charge is 0.416 e. The molecule has 0 unspecified atom stereocenters. The minimum atomic E-state index is -3.07. The van der Waals surface area contributed by atoms with Crippen LogP contribution in [0.1, 0.15) is 19.3 Å². The molecule has 130 valence electrons. The van der Waals surface area contributed by atoms with E-state index in [4.69, 9.17) is 16.3 Å². The first kappa shape index (κ1) is 16.9. The fourth-order valence-electron chi connectivity index (χ4n) is 3.05. The van der Waals surface area contributed by atoms with Crippen molar-refractivity contribution >= 4 is 23.6 Å². The van der Waals surface area contributed by atoms with Gasteiger partial charge in [-0.25, -0.2) is 18.6 Å². The lowest BCUT2D eigenvalue weighted by Gasteiger charge is -2.40. The predicted octanol–water partition coefficient (Wildman–Crippen LogP) is 2.57. The zero-order valence-corrected chi connectivity index (χ0v) is 13.5. The topological polar surface area (TPSA) is 62.7 Å². The molecule has 9 heteroatoms. The number of aromatic nitrogens is 1. The van der Waals surface area contributed by atoms with Crippen LogP contribution in [0.15, 0.2) is 18.3 Å². The Morgan fingerprint density at radius 1 is 1.42 bits per heavy atom. The van der Waals surface area contributed by atoms with Gasteiger partial charge >= 0.3 is 6.09 Å². The number of halogens is 3. The molecule has 0 N–H and O–H groups in total. The van der Waals surface area contributed by atoms with E-state index in [1.54, 1.807) is 0 Å². The molecule has 2 saturated heterocycles. The van der Waals surface area contributed by atoms with Crippen molar-refractivity contribution in [3.8, 4) is 5.88 Å². The summed E-state index contributed by atoms with van der Waals surface area (Å²) in [7, 11) is 0. The van der Waals surface area contributed by atoms with Crippen LogP contribution in [-0.2, 0) is 4.79 Å². The SMILES string of the molecule is O=C(Oc1ccc(Cl)cn1)N1C[C@H](N2CCCC2=O)CC(F)(F)C1. The molecule has 0 aromatic carbocycles. The third-order valence-electron chi connectivity index (χ3n) is 4.09. The second-order valence-corrected chi connectivity index (χ2v) is 6.40. The summed E-state index contributed by atoms with van der Waals surface area (Å²) in [4.78, 5) is 30.2. The van der Waals surface area contributed by atoms with Crippen LogP contribution in [0, 0.1) is 0 Å². The van der Waals surface area contributed by atoms with Crippen molar-refractivity contribution in [3.05, 3.63) is 23.4 Å². The molecule has 2 amide bonds. The summed E-state index contributed by atoms with van der Waals surface area (Å²) < 4.78 is 33.1. The van der Waals surface area contributed by atoms with E-state index in [9.17, 15) is 18.4 Å². The third kappa shape index (κ3) is 3.75. The molecule has 1 aromatic heterocycles. The van der Waals surface area contributed by atoms with Gasteiger partial charge in [0.2, 0.25) is 11.8 Å². The molecule has 0 aliphatic carbocycles. The zero-order chi connectivity index (χ0) is 17.3. The fourth-order valence-corrected chi connectivity index (χ4v) is 3.16. The second kappa shape index (κ2) is 6.51. The standard InChI is InChI=1S/C15H16ClF2N3O3/c16-10-3-4-12(19-7-10)24-14(23)20-8-11(6-15(17,18)9-20)21-5-1-2-13(21)22/h3-4,7,11H,1-2,5-6,8-9H2/t11-/m1/s1. The Morgan fingerprint density at radius 3 is 2.83 bits per heavy atom. The van der Waals surface area contributed by atoms with Gasteiger partial charge in [0, 0.05) is 38.2 Å². The molecule has 0 bridgehead atoms. The van der Waals surface area contributed by atoms with E-state index < -0.39 is 31.0 Å². The molecule has 1 atom stereocenters. The van der Waals surface area contributed by atoms with E-state index in [1.807, 2.05) is 0 Å². The first-order valence-corrected chi connectivity index (χ1v) is 7.97. The summed E-state index contributed by atoms with van der Waals surface area (Å²) in [6, 6.07) is 2.16. The smallest absolute Gasteiger partial charge is 0.391 e. The first-order chi connectivity index (χ1) is 11.3. The Kier molecular flexibility index (Phi) is 4.58. The van der Waals surface area contributed by atoms with E-state index in [2.05, 4.69) is 4.98 Å². The van der Waals surface area contributed by atoms with Crippen molar-refractivity contribution < 1.29 is 23.1 Å². The summed E-state index contributed by atoms with van der Waals surface area (Å²) in [5.41, 5.74) is 0. The Bertz CT molecular complexity index is 641. The molecule has 2 aliphatic heterocycles. The van der Waals surface area contributed by atoms with Gasteiger partial charge in [-0.15, -0.1) is 0 Å². The van der Waals surface area contributed by atoms with Crippen molar-refractivity contribution in [1.29, 1.82) is 0 Å². The number of amides is 2. The maximum atomic E-state index is 14.0. The third-order valence-corrected chi connectivity index (χ3v) is 4.31. The van der Waals surface area contributed by atoms with Gasteiger partial charge in [0.1, 0.15) is 0 Å². The van der Waals surface area contributed by atoms with Gasteiger partial charge < -0.3 is 9.64 Å². The van der Waals surface area contributed by atoms with Gasteiger partial charge in [0.15, 0.2) is 0 Å². The fraction of sp³-hybridized carbons (Fsp3) is 0.533. The number of rotatable bonds is 2. The Morgan fingerprint density at radius 2 is 2.21 bits per heavy atom. The molecule has 3 heterocycles. The van der Waals surface area contributed by atoms with E-state index in [0.717, 1.165) is 4.90 Å². The monoisotopic (exact) mass is 359 g/mol. The van der Waals surface area contributed by atoms with Gasteiger partial charge in [0.05, 0.1) is 17.6 Å². The number of alkyl halides is 2. The summed E-state index contributed by atoms with van der Waals surface area (Å²) in [5.74, 6) is -3.24. The number of pyridine rings is 1. The number of hydrogen-bond acceptors (Lipinski definition) is 4. The minimum absolute atomic E-state index is 0.0212. The highest BCUT2D eigenvalue weighted by molar-refractivity contribution is 6.30. The van der Waals surface area contributed by atoms with Crippen LogP contribution < -0.4 is 4.74 Å². The summed E-state index contributed by atoms with van der Waals surface area (Å²) >= 11 is 5.69. The Balaban J connectivity index is 1.70. The van der Waals surface area contributed by atoms with Crippen molar-refractivity contribution in [3.63, 3.8) is 0 Å². The lowest BCUT2D eigenvalue weighted by molar-refractivity contribution is -0.135. The van der Waals surface area contributed by atoms with E-state index in [-0.39, 0.29) is 18.3 Å². The highest BCUT2D eigenvalue weighted by Crippen LogP contribution is 2.31. The second-order valence-electron chi connectivity index (χ2n) is 5.97. The summed E-state index contributed by atoms with van der Waals surface area (Å²) in [6.07, 6.45) is 0.949. The lowest BCUT2D eigenvalue weighted by atomic mass is 10.0. The molecular weight excluding hydrogens is 344 g/mol. The van der Waals surface area contributed by atoms with Gasteiger partial charge in [-0.3, -0.25) is 9.69 Å². The number of likely N-dealkylation sites (tertiary alicyclic amines) is 2. The number of hydrogen-bond donors (Lipinski definition) is 0. The first-order valence-electron chi connectivity index (χ1n) is 7.60. The molecule has 6 nitrogen and oxygen atoms in total. The minimum Gasteiger partial charge on any atom is -0.391 e. The Hall–Kier alpha value is -1.96. The quantitative estimate of drug-likeness (QED) is 0.814. The van der Waals surface area contributed by atoms with Gasteiger partial charge in [-0.1, -0.05) is 11.6 Å². The molecule has 1 aromatic rings. The highest BCUT2D eigenvalue weighted by Gasteiger charge is 2.46. The van der Waals surface area contributed by atoms with E-state index >= 15 is 0 Å². The van der Waals surface area contributed by atoms with E-state index in [0.29, 0.717) is 24.4 Å². The van der Waals surface area contributed by atoms with Gasteiger partial charge in [-0.05, 0) is 12.5 Å². The summed E-state index contributed by atoms with van der Waals surface area (Å²) in [5, 5.41) is 0.368. The number of ether oxygens (including phenoxy) is 1. The van der Waals surface area contributed by atoms with Gasteiger partial charge in [0.25, 0.3) is 5.92 Å². The molecular formula is C15H16ClF2N3O3.